The highest BCUT2D eigenvalue weighted by molar-refractivity contribution is 5.76. The number of benzene rings is 1. The number of amides is 1. The quantitative estimate of drug-likeness (QED) is 0.859. The van der Waals surface area contributed by atoms with Crippen LogP contribution in [0.25, 0.3) is 5.69 Å². The third-order valence-electron chi connectivity index (χ3n) is 4.88. The fourth-order valence-electron chi connectivity index (χ4n) is 3.40. The number of hydrogen-bond acceptors (Lipinski definition) is 3. The lowest BCUT2D eigenvalue weighted by molar-refractivity contribution is -0.122. The summed E-state index contributed by atoms with van der Waals surface area (Å²) in [6.07, 6.45) is 4.49. The fraction of sp³-hybridized carbons (Fsp3) is 0.474. The topological polar surface area (TPSA) is 50.2 Å². The molecule has 1 aromatic heterocycles. The fourth-order valence-corrected chi connectivity index (χ4v) is 3.40. The van der Waals surface area contributed by atoms with Gasteiger partial charge in [0, 0.05) is 30.3 Å². The molecule has 0 aliphatic carbocycles. The first-order valence-electron chi connectivity index (χ1n) is 8.97. The number of halogens is 2. The van der Waals surface area contributed by atoms with Crippen LogP contribution in [0.4, 0.5) is 8.78 Å². The molecule has 0 bridgehead atoms. The number of carbonyl (C=O) groups is 1. The van der Waals surface area contributed by atoms with Crippen molar-refractivity contribution in [2.24, 2.45) is 0 Å². The van der Waals surface area contributed by atoms with Crippen LogP contribution in [0.2, 0.25) is 0 Å². The van der Waals surface area contributed by atoms with E-state index in [1.54, 1.807) is 13.1 Å². The van der Waals surface area contributed by atoms with Gasteiger partial charge in [0.15, 0.2) is 5.82 Å². The first kappa shape index (κ1) is 18.5. The van der Waals surface area contributed by atoms with E-state index in [-0.39, 0.29) is 17.6 Å². The van der Waals surface area contributed by atoms with Gasteiger partial charge >= 0.3 is 0 Å². The summed E-state index contributed by atoms with van der Waals surface area (Å²) in [5, 5.41) is 7.19. The molecule has 0 spiro atoms. The maximum atomic E-state index is 14.0. The maximum absolute atomic E-state index is 14.0. The number of hydrogen-bond donors (Lipinski definition) is 1. The minimum absolute atomic E-state index is 0.00971. The SMILES string of the molecule is Cc1c(C(C)NC(=O)CCN2CCCC2)cnn1-c1ccc(F)cc1F. The summed E-state index contributed by atoms with van der Waals surface area (Å²) in [5.74, 6) is -1.32. The molecule has 1 amide bonds. The van der Waals surface area contributed by atoms with E-state index >= 15 is 0 Å². The Morgan fingerprint density at radius 1 is 1.31 bits per heavy atom. The predicted molar refractivity (Wildman–Crippen MR) is 95.1 cm³/mol. The summed E-state index contributed by atoms with van der Waals surface area (Å²) < 4.78 is 28.5. The number of aromatic nitrogens is 2. The van der Waals surface area contributed by atoms with Gasteiger partial charge in [-0.15, -0.1) is 0 Å². The lowest BCUT2D eigenvalue weighted by atomic mass is 10.1. The average Bonchev–Trinajstić information content (AvgIpc) is 3.23. The van der Waals surface area contributed by atoms with Gasteiger partial charge in [0.1, 0.15) is 11.5 Å². The summed E-state index contributed by atoms with van der Waals surface area (Å²) in [6.45, 7) is 6.59. The van der Waals surface area contributed by atoms with Crippen molar-refractivity contribution in [2.75, 3.05) is 19.6 Å². The molecule has 1 fully saturated rings. The Balaban J connectivity index is 1.65. The molecule has 1 saturated heterocycles. The van der Waals surface area contributed by atoms with Crippen LogP contribution in [0, 0.1) is 18.6 Å². The molecule has 5 nitrogen and oxygen atoms in total. The van der Waals surface area contributed by atoms with E-state index in [2.05, 4.69) is 15.3 Å². The molecule has 2 aromatic rings. The van der Waals surface area contributed by atoms with Crippen molar-refractivity contribution in [3.8, 4) is 5.69 Å². The van der Waals surface area contributed by atoms with Crippen molar-refractivity contribution in [1.82, 2.24) is 20.0 Å². The van der Waals surface area contributed by atoms with Crippen LogP contribution in [0.15, 0.2) is 24.4 Å². The molecule has 7 heteroatoms. The molecule has 140 valence electrons. The van der Waals surface area contributed by atoms with Crippen molar-refractivity contribution >= 4 is 5.91 Å². The normalized spacial score (nSPS) is 16.0. The lowest BCUT2D eigenvalue weighted by Crippen LogP contribution is -2.31. The molecule has 3 rings (SSSR count). The van der Waals surface area contributed by atoms with Crippen LogP contribution in [0.5, 0.6) is 0 Å². The van der Waals surface area contributed by atoms with Crippen molar-refractivity contribution in [3.05, 3.63) is 47.3 Å². The molecule has 1 atom stereocenters. The van der Waals surface area contributed by atoms with Gasteiger partial charge < -0.3 is 10.2 Å². The standard InChI is InChI=1S/C19H24F2N4O/c1-13(23-19(26)7-10-24-8-3-4-9-24)16-12-22-25(14(16)2)18-6-5-15(20)11-17(18)21/h5-6,11-13H,3-4,7-10H2,1-2H3,(H,23,26). The van der Waals surface area contributed by atoms with Gasteiger partial charge in [-0.1, -0.05) is 0 Å². The van der Waals surface area contributed by atoms with E-state index in [1.165, 1.54) is 29.7 Å². The predicted octanol–water partition coefficient (Wildman–Crippen LogP) is 3.12. The minimum atomic E-state index is -0.676. The van der Waals surface area contributed by atoms with Crippen molar-refractivity contribution in [1.29, 1.82) is 0 Å². The van der Waals surface area contributed by atoms with E-state index < -0.39 is 11.6 Å². The van der Waals surface area contributed by atoms with Crippen LogP contribution in [-0.4, -0.2) is 40.2 Å². The van der Waals surface area contributed by atoms with Crippen molar-refractivity contribution in [3.63, 3.8) is 0 Å². The highest BCUT2D eigenvalue weighted by Crippen LogP contribution is 2.22. The Kier molecular flexibility index (Phi) is 5.66. The summed E-state index contributed by atoms with van der Waals surface area (Å²) >= 11 is 0. The van der Waals surface area contributed by atoms with Gasteiger partial charge in [0.25, 0.3) is 0 Å². The van der Waals surface area contributed by atoms with Crippen molar-refractivity contribution < 1.29 is 13.6 Å². The van der Waals surface area contributed by atoms with Gasteiger partial charge in [-0.3, -0.25) is 4.79 Å². The maximum Gasteiger partial charge on any atom is 0.221 e. The zero-order chi connectivity index (χ0) is 18.7. The number of likely N-dealkylation sites (tertiary alicyclic amines) is 1. The van der Waals surface area contributed by atoms with E-state index in [0.717, 1.165) is 31.3 Å². The molecule has 0 saturated carbocycles. The van der Waals surface area contributed by atoms with Crippen LogP contribution in [0.3, 0.4) is 0 Å². The number of nitrogens with one attached hydrogen (secondary N) is 1. The van der Waals surface area contributed by atoms with Gasteiger partial charge in [0.2, 0.25) is 5.91 Å². The molecular weight excluding hydrogens is 338 g/mol. The van der Waals surface area contributed by atoms with Gasteiger partial charge in [-0.2, -0.15) is 5.10 Å². The minimum Gasteiger partial charge on any atom is -0.349 e. The Bertz CT molecular complexity index is 784. The van der Waals surface area contributed by atoms with Gasteiger partial charge in [0.05, 0.1) is 12.2 Å². The smallest absolute Gasteiger partial charge is 0.221 e. The third-order valence-corrected chi connectivity index (χ3v) is 4.88. The summed E-state index contributed by atoms with van der Waals surface area (Å²) in [5.41, 5.74) is 1.70. The van der Waals surface area contributed by atoms with E-state index in [1.807, 2.05) is 6.92 Å². The third kappa shape index (κ3) is 4.09. The zero-order valence-corrected chi connectivity index (χ0v) is 15.1. The molecule has 2 heterocycles. The number of carbonyl (C=O) groups excluding carboxylic acids is 1. The Hall–Kier alpha value is -2.28. The molecule has 1 unspecified atom stereocenters. The second kappa shape index (κ2) is 7.95. The largest absolute Gasteiger partial charge is 0.349 e. The Labute approximate surface area is 152 Å². The van der Waals surface area contributed by atoms with Crippen LogP contribution < -0.4 is 5.32 Å². The summed E-state index contributed by atoms with van der Waals surface area (Å²) in [4.78, 5) is 14.5. The summed E-state index contributed by atoms with van der Waals surface area (Å²) in [7, 11) is 0. The van der Waals surface area contributed by atoms with Crippen LogP contribution in [0.1, 0.15) is 43.5 Å². The van der Waals surface area contributed by atoms with Crippen LogP contribution in [-0.2, 0) is 4.79 Å². The second-order valence-electron chi connectivity index (χ2n) is 6.78. The molecule has 26 heavy (non-hydrogen) atoms. The highest BCUT2D eigenvalue weighted by atomic mass is 19.1. The van der Waals surface area contributed by atoms with Gasteiger partial charge in [-0.05, 0) is 51.9 Å². The lowest BCUT2D eigenvalue weighted by Gasteiger charge is -2.17. The number of rotatable bonds is 6. The summed E-state index contributed by atoms with van der Waals surface area (Å²) in [6, 6.07) is 3.15. The second-order valence-corrected chi connectivity index (χ2v) is 6.78. The molecular formula is C19H24F2N4O. The molecule has 0 radical (unpaired) electrons. The molecule has 1 N–H and O–H groups in total. The zero-order valence-electron chi connectivity index (χ0n) is 15.1. The molecule has 1 aliphatic heterocycles. The average molecular weight is 362 g/mol. The monoisotopic (exact) mass is 362 g/mol. The molecule has 1 aliphatic rings. The van der Waals surface area contributed by atoms with Crippen LogP contribution >= 0.6 is 0 Å². The Morgan fingerprint density at radius 3 is 2.73 bits per heavy atom. The van der Waals surface area contributed by atoms with E-state index in [4.69, 9.17) is 0 Å². The molecule has 1 aromatic carbocycles. The van der Waals surface area contributed by atoms with E-state index in [9.17, 15) is 13.6 Å². The van der Waals surface area contributed by atoms with E-state index in [0.29, 0.717) is 12.1 Å². The van der Waals surface area contributed by atoms with Gasteiger partial charge in [-0.25, -0.2) is 13.5 Å². The first-order chi connectivity index (χ1) is 12.5. The van der Waals surface area contributed by atoms with Crippen molar-refractivity contribution in [2.45, 2.75) is 39.2 Å². The first-order valence-corrected chi connectivity index (χ1v) is 8.97. The Morgan fingerprint density at radius 2 is 2.04 bits per heavy atom. The highest BCUT2D eigenvalue weighted by Gasteiger charge is 2.19. The number of nitrogens with zero attached hydrogens (tertiary/aromatic N) is 3.